The fraction of sp³-hybridized carbons (Fsp3) is 0.267. The molecule has 0 saturated heterocycles. The van der Waals surface area contributed by atoms with E-state index in [0.29, 0.717) is 33.4 Å². The minimum Gasteiger partial charge on any atom is -0.494 e. The summed E-state index contributed by atoms with van der Waals surface area (Å²) in [6.07, 6.45) is 1.48. The number of benzene rings is 3. The largest absolute Gasteiger partial charge is 0.494 e. The van der Waals surface area contributed by atoms with Crippen molar-refractivity contribution in [1.82, 2.24) is 14.8 Å². The molecule has 0 fully saturated rings. The van der Waals surface area contributed by atoms with Crippen LogP contribution in [-0.4, -0.2) is 50.8 Å². The SMILES string of the molecule is CCC(O)(COC(C)C)c1c(-c2ccc(C(=O)O)cc2)c2c(F)c3[nH]ncc3cc2n1-c1ccc(F)c(OC)c1. The summed E-state index contributed by atoms with van der Waals surface area (Å²) in [5, 5.41) is 29.1. The molecule has 8 nitrogen and oxygen atoms in total. The average molecular weight is 550 g/mol. The molecule has 208 valence electrons. The molecule has 0 spiro atoms. The Morgan fingerprint density at radius 3 is 2.50 bits per heavy atom. The Kier molecular flexibility index (Phi) is 7.07. The number of carboxylic acids is 1. The molecular weight excluding hydrogens is 520 g/mol. The van der Waals surface area contributed by atoms with Crippen LogP contribution in [0, 0.1) is 11.6 Å². The van der Waals surface area contributed by atoms with E-state index in [9.17, 15) is 19.4 Å². The average Bonchev–Trinajstić information content (AvgIpc) is 3.56. The lowest BCUT2D eigenvalue weighted by atomic mass is 9.89. The van der Waals surface area contributed by atoms with Gasteiger partial charge in [0, 0.05) is 28.1 Å². The van der Waals surface area contributed by atoms with Gasteiger partial charge in [-0.25, -0.2) is 13.6 Å². The van der Waals surface area contributed by atoms with Crippen molar-refractivity contribution < 1.29 is 33.3 Å². The molecule has 0 amide bonds. The Bertz CT molecular complexity index is 1730. The molecule has 40 heavy (non-hydrogen) atoms. The first-order chi connectivity index (χ1) is 19.1. The number of aromatic carboxylic acids is 1. The van der Waals surface area contributed by atoms with Gasteiger partial charge < -0.3 is 24.3 Å². The van der Waals surface area contributed by atoms with Crippen LogP contribution < -0.4 is 4.74 Å². The summed E-state index contributed by atoms with van der Waals surface area (Å²) in [6.45, 7) is 5.37. The predicted molar refractivity (Wildman–Crippen MR) is 147 cm³/mol. The van der Waals surface area contributed by atoms with Gasteiger partial charge in [0.1, 0.15) is 11.1 Å². The van der Waals surface area contributed by atoms with Crippen molar-refractivity contribution in [2.75, 3.05) is 13.7 Å². The molecule has 2 aromatic heterocycles. The Morgan fingerprint density at radius 2 is 1.88 bits per heavy atom. The number of aliphatic hydroxyl groups is 1. The molecule has 0 aliphatic heterocycles. The van der Waals surface area contributed by atoms with E-state index >= 15 is 4.39 Å². The molecular formula is C30H29F2N3O5. The van der Waals surface area contributed by atoms with Crippen LogP contribution in [0.2, 0.25) is 0 Å². The van der Waals surface area contributed by atoms with Gasteiger partial charge in [-0.1, -0.05) is 19.1 Å². The summed E-state index contributed by atoms with van der Waals surface area (Å²) in [5.74, 6) is -2.31. The molecule has 1 atom stereocenters. The third kappa shape index (κ3) is 4.48. The van der Waals surface area contributed by atoms with Crippen molar-refractivity contribution in [2.24, 2.45) is 0 Å². The molecule has 0 radical (unpaired) electrons. The number of halogens is 2. The van der Waals surface area contributed by atoms with E-state index in [1.165, 1.54) is 43.6 Å². The quantitative estimate of drug-likeness (QED) is 0.203. The molecule has 10 heteroatoms. The Balaban J connectivity index is 1.98. The Labute approximate surface area is 228 Å². The first-order valence-electron chi connectivity index (χ1n) is 12.8. The van der Waals surface area contributed by atoms with Crippen molar-refractivity contribution in [1.29, 1.82) is 0 Å². The zero-order valence-corrected chi connectivity index (χ0v) is 22.5. The maximum Gasteiger partial charge on any atom is 0.335 e. The van der Waals surface area contributed by atoms with Gasteiger partial charge in [-0.15, -0.1) is 0 Å². The molecule has 3 N–H and O–H groups in total. The van der Waals surface area contributed by atoms with E-state index in [0.717, 1.165) is 0 Å². The van der Waals surface area contributed by atoms with Gasteiger partial charge in [-0.3, -0.25) is 5.10 Å². The normalized spacial score (nSPS) is 13.3. The van der Waals surface area contributed by atoms with Crippen molar-refractivity contribution >= 4 is 27.8 Å². The van der Waals surface area contributed by atoms with Crippen molar-refractivity contribution in [3.8, 4) is 22.6 Å². The van der Waals surface area contributed by atoms with E-state index in [1.807, 2.05) is 13.8 Å². The highest BCUT2D eigenvalue weighted by Gasteiger charge is 2.38. The number of aromatic amines is 1. The van der Waals surface area contributed by atoms with Crippen LogP contribution in [0.4, 0.5) is 8.78 Å². The van der Waals surface area contributed by atoms with E-state index in [2.05, 4.69) is 10.2 Å². The van der Waals surface area contributed by atoms with Gasteiger partial charge in [0.15, 0.2) is 17.4 Å². The van der Waals surface area contributed by atoms with E-state index in [1.54, 1.807) is 29.7 Å². The zero-order valence-electron chi connectivity index (χ0n) is 22.5. The third-order valence-corrected chi connectivity index (χ3v) is 7.10. The second-order valence-corrected chi connectivity index (χ2v) is 9.92. The van der Waals surface area contributed by atoms with Crippen LogP contribution >= 0.6 is 0 Å². The highest BCUT2D eigenvalue weighted by Crippen LogP contribution is 2.46. The number of hydrogen-bond donors (Lipinski definition) is 3. The number of carbonyl (C=O) groups is 1. The summed E-state index contributed by atoms with van der Waals surface area (Å²) in [4.78, 5) is 11.6. The fourth-order valence-corrected chi connectivity index (χ4v) is 5.00. The highest BCUT2D eigenvalue weighted by molar-refractivity contribution is 6.06. The lowest BCUT2D eigenvalue weighted by Gasteiger charge is -2.31. The number of rotatable bonds is 9. The van der Waals surface area contributed by atoms with E-state index < -0.39 is 23.2 Å². The Morgan fingerprint density at radius 1 is 1.15 bits per heavy atom. The van der Waals surface area contributed by atoms with Crippen LogP contribution in [0.5, 0.6) is 5.75 Å². The van der Waals surface area contributed by atoms with Gasteiger partial charge in [0.05, 0.1) is 42.8 Å². The second-order valence-electron chi connectivity index (χ2n) is 9.92. The van der Waals surface area contributed by atoms with Crippen LogP contribution in [0.25, 0.3) is 38.6 Å². The number of nitrogens with zero attached hydrogens (tertiary/aromatic N) is 2. The van der Waals surface area contributed by atoms with E-state index in [-0.39, 0.29) is 41.3 Å². The molecule has 0 saturated carbocycles. The maximum absolute atomic E-state index is 16.4. The molecule has 1 unspecified atom stereocenters. The number of methoxy groups -OCH3 is 1. The van der Waals surface area contributed by atoms with E-state index in [4.69, 9.17) is 9.47 Å². The fourth-order valence-electron chi connectivity index (χ4n) is 5.00. The van der Waals surface area contributed by atoms with Crippen LogP contribution in [0.15, 0.2) is 54.7 Å². The maximum atomic E-state index is 16.4. The monoisotopic (exact) mass is 549 g/mol. The first-order valence-corrected chi connectivity index (χ1v) is 12.8. The molecule has 2 heterocycles. The number of nitrogens with one attached hydrogen (secondary N) is 1. The summed E-state index contributed by atoms with van der Waals surface area (Å²) >= 11 is 0. The van der Waals surface area contributed by atoms with Crippen LogP contribution in [0.1, 0.15) is 43.2 Å². The molecule has 5 aromatic rings. The molecule has 0 aliphatic rings. The van der Waals surface area contributed by atoms with Crippen molar-refractivity contribution in [3.05, 3.63) is 77.6 Å². The van der Waals surface area contributed by atoms with Crippen molar-refractivity contribution in [3.63, 3.8) is 0 Å². The predicted octanol–water partition coefficient (Wildman–Crippen LogP) is 6.18. The van der Waals surface area contributed by atoms with Gasteiger partial charge in [-0.05, 0) is 56.2 Å². The number of fused-ring (bicyclic) bond motifs is 2. The molecule has 0 aliphatic carbocycles. The lowest BCUT2D eigenvalue weighted by Crippen LogP contribution is -2.35. The van der Waals surface area contributed by atoms with Gasteiger partial charge in [-0.2, -0.15) is 5.10 Å². The van der Waals surface area contributed by atoms with Crippen LogP contribution in [0.3, 0.4) is 0 Å². The van der Waals surface area contributed by atoms with Gasteiger partial charge in [0.2, 0.25) is 0 Å². The number of carboxylic acid groups (broad SMARTS) is 1. The Hall–Kier alpha value is -4.28. The van der Waals surface area contributed by atoms with Gasteiger partial charge >= 0.3 is 5.97 Å². The minimum absolute atomic E-state index is 0.0269. The molecule has 0 bridgehead atoms. The smallest absolute Gasteiger partial charge is 0.335 e. The summed E-state index contributed by atoms with van der Waals surface area (Å²) in [5.41, 5.74) is 0.547. The summed E-state index contributed by atoms with van der Waals surface area (Å²) in [7, 11) is 1.35. The minimum atomic E-state index is -1.63. The number of ether oxygens (including phenoxy) is 2. The highest BCUT2D eigenvalue weighted by atomic mass is 19.1. The second kappa shape index (κ2) is 10.4. The van der Waals surface area contributed by atoms with Gasteiger partial charge in [0.25, 0.3) is 0 Å². The molecule has 5 rings (SSSR count). The standard InChI is InChI=1S/C30H29F2N3O5/c1-5-30(38,15-40-16(2)3)28-24(17-6-8-18(9-7-17)29(36)37)25-22(12-19-14-33-34-27(19)26(25)32)35(28)20-10-11-21(31)23(13-20)39-4/h6-14,16,38H,5,15H2,1-4H3,(H,33,34)(H,36,37). The van der Waals surface area contributed by atoms with Crippen LogP contribution in [-0.2, 0) is 10.3 Å². The lowest BCUT2D eigenvalue weighted by molar-refractivity contribution is -0.0740. The number of aromatic nitrogens is 3. The summed E-state index contributed by atoms with van der Waals surface area (Å²) in [6, 6.07) is 12.0. The summed E-state index contributed by atoms with van der Waals surface area (Å²) < 4.78 is 43.7. The number of H-pyrrole nitrogens is 1. The first kappa shape index (κ1) is 27.3. The number of hydrogen-bond acceptors (Lipinski definition) is 5. The third-order valence-electron chi connectivity index (χ3n) is 7.10. The topological polar surface area (TPSA) is 110 Å². The zero-order chi connectivity index (χ0) is 28.8. The van der Waals surface area contributed by atoms with Crippen molar-refractivity contribution in [2.45, 2.75) is 38.9 Å². The molecule has 3 aromatic carbocycles.